The number of benzene rings is 1. The number of hydrogen-bond acceptors (Lipinski definition) is 8. The SMILES string of the molecule is O=S(=O)(CCNc1noc(-c2ccccc2)n1)N1CCN(c2ccccn2)CC1. The van der Waals surface area contributed by atoms with E-state index in [-0.39, 0.29) is 18.2 Å². The predicted octanol–water partition coefficient (Wildman–Crippen LogP) is 1.70. The molecule has 0 atom stereocenters. The van der Waals surface area contributed by atoms with Crippen LogP contribution in [0.2, 0.25) is 0 Å². The van der Waals surface area contributed by atoms with Gasteiger partial charge in [0.2, 0.25) is 10.0 Å². The highest BCUT2D eigenvalue weighted by Gasteiger charge is 2.27. The van der Waals surface area contributed by atoms with E-state index in [4.69, 9.17) is 4.52 Å². The molecule has 0 bridgehead atoms. The van der Waals surface area contributed by atoms with Gasteiger partial charge in [0.1, 0.15) is 5.82 Å². The lowest BCUT2D eigenvalue weighted by molar-refractivity contribution is 0.384. The van der Waals surface area contributed by atoms with Gasteiger partial charge < -0.3 is 14.7 Å². The minimum Gasteiger partial charge on any atom is -0.354 e. The molecule has 152 valence electrons. The van der Waals surface area contributed by atoms with Crippen LogP contribution in [-0.4, -0.2) is 66.3 Å². The van der Waals surface area contributed by atoms with Crippen molar-refractivity contribution in [1.29, 1.82) is 0 Å². The molecule has 0 unspecified atom stereocenters. The second-order valence-electron chi connectivity index (χ2n) is 6.61. The van der Waals surface area contributed by atoms with Crippen molar-refractivity contribution >= 4 is 21.8 Å². The number of pyridine rings is 1. The molecule has 4 rings (SSSR count). The Morgan fingerprint density at radius 1 is 1.00 bits per heavy atom. The third-order valence-electron chi connectivity index (χ3n) is 4.70. The van der Waals surface area contributed by atoms with Gasteiger partial charge in [-0.25, -0.2) is 13.4 Å². The van der Waals surface area contributed by atoms with Gasteiger partial charge in [0, 0.05) is 44.5 Å². The molecule has 1 aliphatic rings. The van der Waals surface area contributed by atoms with E-state index < -0.39 is 10.0 Å². The Morgan fingerprint density at radius 3 is 2.48 bits per heavy atom. The normalized spacial score (nSPS) is 15.4. The average Bonchev–Trinajstić information content (AvgIpc) is 3.24. The van der Waals surface area contributed by atoms with Gasteiger partial charge >= 0.3 is 0 Å². The molecule has 0 spiro atoms. The van der Waals surface area contributed by atoms with Crippen LogP contribution in [0, 0.1) is 0 Å². The Hall–Kier alpha value is -2.98. The highest BCUT2D eigenvalue weighted by molar-refractivity contribution is 7.89. The van der Waals surface area contributed by atoms with Crippen molar-refractivity contribution < 1.29 is 12.9 Å². The lowest BCUT2D eigenvalue weighted by Gasteiger charge is -2.34. The van der Waals surface area contributed by atoms with Crippen molar-refractivity contribution in [2.24, 2.45) is 0 Å². The van der Waals surface area contributed by atoms with Crippen LogP contribution >= 0.6 is 0 Å². The lowest BCUT2D eigenvalue weighted by atomic mass is 10.2. The number of rotatable bonds is 7. The summed E-state index contributed by atoms with van der Waals surface area (Å²) in [6, 6.07) is 15.1. The molecule has 10 heteroatoms. The van der Waals surface area contributed by atoms with Crippen LogP contribution in [0.1, 0.15) is 0 Å². The van der Waals surface area contributed by atoms with E-state index in [1.807, 2.05) is 48.5 Å². The summed E-state index contributed by atoms with van der Waals surface area (Å²) in [5.74, 6) is 1.50. The van der Waals surface area contributed by atoms with E-state index in [2.05, 4.69) is 25.3 Å². The highest BCUT2D eigenvalue weighted by Crippen LogP contribution is 2.18. The first-order valence-electron chi connectivity index (χ1n) is 9.39. The van der Waals surface area contributed by atoms with Gasteiger partial charge in [-0.15, -0.1) is 0 Å². The summed E-state index contributed by atoms with van der Waals surface area (Å²) in [7, 11) is -3.37. The first-order valence-corrected chi connectivity index (χ1v) is 11.0. The van der Waals surface area contributed by atoms with Gasteiger partial charge in [-0.2, -0.15) is 9.29 Å². The second kappa shape index (κ2) is 8.58. The van der Waals surface area contributed by atoms with Gasteiger partial charge in [0.25, 0.3) is 11.8 Å². The molecular weight excluding hydrogens is 392 g/mol. The summed E-state index contributed by atoms with van der Waals surface area (Å²) in [6.45, 7) is 2.33. The monoisotopic (exact) mass is 414 g/mol. The molecule has 1 aromatic carbocycles. The molecule has 9 nitrogen and oxygen atoms in total. The zero-order valence-electron chi connectivity index (χ0n) is 15.8. The Kier molecular flexibility index (Phi) is 5.72. The van der Waals surface area contributed by atoms with E-state index in [9.17, 15) is 8.42 Å². The predicted molar refractivity (Wildman–Crippen MR) is 110 cm³/mol. The topological polar surface area (TPSA) is 104 Å². The molecule has 29 heavy (non-hydrogen) atoms. The van der Waals surface area contributed by atoms with E-state index in [0.29, 0.717) is 32.1 Å². The third kappa shape index (κ3) is 4.72. The number of nitrogens with one attached hydrogen (secondary N) is 1. The fraction of sp³-hybridized carbons (Fsp3) is 0.316. The minimum atomic E-state index is -3.37. The largest absolute Gasteiger partial charge is 0.354 e. The van der Waals surface area contributed by atoms with Crippen LogP contribution in [0.4, 0.5) is 11.8 Å². The molecule has 3 heterocycles. The first kappa shape index (κ1) is 19.3. The third-order valence-corrected chi connectivity index (χ3v) is 6.57. The first-order chi connectivity index (χ1) is 14.1. The van der Waals surface area contributed by atoms with Gasteiger partial charge in [0.15, 0.2) is 0 Å². The Balaban J connectivity index is 1.27. The molecule has 1 fully saturated rings. The smallest absolute Gasteiger partial charge is 0.263 e. The van der Waals surface area contributed by atoms with Crippen molar-refractivity contribution in [2.45, 2.75) is 0 Å². The average molecular weight is 414 g/mol. The fourth-order valence-corrected chi connectivity index (χ4v) is 4.49. The van der Waals surface area contributed by atoms with Crippen LogP contribution < -0.4 is 10.2 Å². The van der Waals surface area contributed by atoms with Crippen LogP contribution in [0.3, 0.4) is 0 Å². The summed E-state index contributed by atoms with van der Waals surface area (Å²) in [5.41, 5.74) is 0.812. The molecule has 0 amide bonds. The quantitative estimate of drug-likeness (QED) is 0.623. The summed E-state index contributed by atoms with van der Waals surface area (Å²) >= 11 is 0. The number of piperazine rings is 1. The zero-order valence-corrected chi connectivity index (χ0v) is 16.6. The maximum Gasteiger partial charge on any atom is 0.263 e. The molecule has 1 N–H and O–H groups in total. The highest BCUT2D eigenvalue weighted by atomic mass is 32.2. The van der Waals surface area contributed by atoms with Crippen LogP contribution in [0.5, 0.6) is 0 Å². The molecule has 2 aromatic heterocycles. The lowest BCUT2D eigenvalue weighted by Crippen LogP contribution is -2.50. The van der Waals surface area contributed by atoms with E-state index in [1.165, 1.54) is 4.31 Å². The number of aromatic nitrogens is 3. The summed E-state index contributed by atoms with van der Waals surface area (Å²) < 4.78 is 32.0. The standard InChI is InChI=1S/C19H22N6O3S/c26-29(27,25-13-11-24(12-14-25)17-8-4-5-9-20-17)15-10-21-19-22-18(28-23-19)16-6-2-1-3-7-16/h1-9H,10-15H2,(H,21,23). The van der Waals surface area contributed by atoms with Crippen molar-refractivity contribution in [2.75, 3.05) is 48.7 Å². The van der Waals surface area contributed by atoms with E-state index >= 15 is 0 Å². The Bertz CT molecular complexity index is 1020. The molecule has 0 saturated carbocycles. The van der Waals surface area contributed by atoms with Crippen LogP contribution in [-0.2, 0) is 10.0 Å². The van der Waals surface area contributed by atoms with Gasteiger partial charge in [-0.05, 0) is 29.4 Å². The van der Waals surface area contributed by atoms with E-state index in [1.54, 1.807) is 6.20 Å². The molecule has 1 aliphatic heterocycles. The molecule has 0 radical (unpaired) electrons. The molecule has 0 aliphatic carbocycles. The number of sulfonamides is 1. The van der Waals surface area contributed by atoms with Crippen molar-refractivity contribution in [3.05, 3.63) is 54.7 Å². The molecule has 1 saturated heterocycles. The summed E-state index contributed by atoms with van der Waals surface area (Å²) in [6.07, 6.45) is 1.74. The zero-order chi connectivity index (χ0) is 20.1. The van der Waals surface area contributed by atoms with Crippen LogP contribution in [0.25, 0.3) is 11.5 Å². The van der Waals surface area contributed by atoms with Gasteiger partial charge in [-0.1, -0.05) is 24.3 Å². The maximum absolute atomic E-state index is 12.6. The molecular formula is C19H22N6O3S. The number of anilines is 2. The van der Waals surface area contributed by atoms with Crippen molar-refractivity contribution in [1.82, 2.24) is 19.4 Å². The van der Waals surface area contributed by atoms with Crippen LogP contribution in [0.15, 0.2) is 59.3 Å². The maximum atomic E-state index is 12.6. The second-order valence-corrected chi connectivity index (χ2v) is 8.69. The van der Waals surface area contributed by atoms with Crippen molar-refractivity contribution in [3.63, 3.8) is 0 Å². The minimum absolute atomic E-state index is 0.0359. The fourth-order valence-electron chi connectivity index (χ4n) is 3.15. The number of nitrogens with zero attached hydrogens (tertiary/aromatic N) is 5. The van der Waals surface area contributed by atoms with E-state index in [0.717, 1.165) is 11.4 Å². The molecule has 3 aromatic rings. The Labute approximate surface area is 169 Å². The number of hydrogen-bond donors (Lipinski definition) is 1. The van der Waals surface area contributed by atoms with Gasteiger partial charge in [-0.3, -0.25) is 0 Å². The van der Waals surface area contributed by atoms with Crippen molar-refractivity contribution in [3.8, 4) is 11.5 Å². The Morgan fingerprint density at radius 2 is 1.76 bits per heavy atom. The summed E-state index contributed by atoms with van der Waals surface area (Å²) in [4.78, 5) is 10.7. The van der Waals surface area contributed by atoms with Gasteiger partial charge in [0.05, 0.1) is 5.75 Å². The summed E-state index contributed by atoms with van der Waals surface area (Å²) in [5, 5.41) is 6.77.